The van der Waals surface area contributed by atoms with Crippen molar-refractivity contribution in [2.45, 2.75) is 6.92 Å². The van der Waals surface area contributed by atoms with Gasteiger partial charge in [-0.3, -0.25) is 14.4 Å². The highest BCUT2D eigenvalue weighted by molar-refractivity contribution is 5.93. The number of benzene rings is 1. The maximum Gasteiger partial charge on any atom is 0.274 e. The van der Waals surface area contributed by atoms with Gasteiger partial charge >= 0.3 is 0 Å². The predicted octanol–water partition coefficient (Wildman–Crippen LogP) is 2.99. The molecule has 0 aliphatic heterocycles. The number of aromatic nitrogens is 4. The number of hydrogen-bond donors (Lipinski definition) is 3. The number of amides is 1. The molecule has 0 unspecified atom stereocenters. The van der Waals surface area contributed by atoms with Gasteiger partial charge in [0.2, 0.25) is 5.95 Å². The molecule has 0 radical (unpaired) electrons. The Morgan fingerprint density at radius 1 is 1.12 bits per heavy atom. The number of carbonyl (C=O) groups excluding carboxylic acids is 1. The van der Waals surface area contributed by atoms with Crippen molar-refractivity contribution in [2.24, 2.45) is 0 Å². The molecule has 0 saturated heterocycles. The first-order valence-electron chi connectivity index (χ1n) is 9.84. The Kier molecular flexibility index (Phi) is 6.24. The number of fused-ring (bicyclic) bond motifs is 1. The Labute approximate surface area is 183 Å². The fourth-order valence-electron chi connectivity index (χ4n) is 3.23. The van der Waals surface area contributed by atoms with E-state index in [0.717, 1.165) is 22.8 Å². The van der Waals surface area contributed by atoms with Gasteiger partial charge in [0.1, 0.15) is 18.0 Å². The van der Waals surface area contributed by atoms with Crippen LogP contribution in [-0.2, 0) is 4.74 Å². The minimum atomic E-state index is -0.579. The second-order valence-electron chi connectivity index (χ2n) is 6.89. The number of rotatable bonds is 8. The molecule has 0 bridgehead atoms. The van der Waals surface area contributed by atoms with Gasteiger partial charge in [-0.05, 0) is 43.3 Å². The van der Waals surface area contributed by atoms with Gasteiger partial charge in [-0.1, -0.05) is 0 Å². The summed E-state index contributed by atoms with van der Waals surface area (Å²) in [5.74, 6) is 0.537. The Balaban J connectivity index is 1.58. The second kappa shape index (κ2) is 9.41. The van der Waals surface area contributed by atoms with Gasteiger partial charge in [0.25, 0.3) is 5.91 Å². The van der Waals surface area contributed by atoms with E-state index in [4.69, 9.17) is 14.7 Å². The van der Waals surface area contributed by atoms with Crippen LogP contribution in [0.1, 0.15) is 16.1 Å². The van der Waals surface area contributed by atoms with E-state index >= 15 is 0 Å². The highest BCUT2D eigenvalue weighted by Gasteiger charge is 2.14. The van der Waals surface area contributed by atoms with Crippen molar-refractivity contribution in [2.75, 3.05) is 25.6 Å². The maximum absolute atomic E-state index is 11.5. The van der Waals surface area contributed by atoms with Crippen LogP contribution in [0.3, 0.4) is 0 Å². The highest BCUT2D eigenvalue weighted by atomic mass is 16.5. The quantitative estimate of drug-likeness (QED) is 0.220. The van der Waals surface area contributed by atoms with Crippen molar-refractivity contribution in [1.29, 1.82) is 0 Å². The fraction of sp³-hybridized carbons (Fsp3) is 0.182. The van der Waals surface area contributed by atoms with Crippen molar-refractivity contribution in [3.05, 3.63) is 66.1 Å². The molecular weight excluding hydrogens is 412 g/mol. The van der Waals surface area contributed by atoms with Crippen LogP contribution in [0.4, 0.5) is 11.6 Å². The van der Waals surface area contributed by atoms with Crippen molar-refractivity contribution in [1.82, 2.24) is 24.8 Å². The Bertz CT molecular complexity index is 1240. The van der Waals surface area contributed by atoms with Gasteiger partial charge in [-0.25, -0.2) is 20.4 Å². The van der Waals surface area contributed by atoms with E-state index in [9.17, 15) is 4.79 Å². The molecule has 0 spiro atoms. The zero-order valence-electron chi connectivity index (χ0n) is 17.6. The molecule has 3 heterocycles. The lowest BCUT2D eigenvalue weighted by Crippen LogP contribution is -2.18. The third-order valence-corrected chi connectivity index (χ3v) is 4.73. The lowest BCUT2D eigenvalue weighted by atomic mass is 10.2. The van der Waals surface area contributed by atoms with Gasteiger partial charge in [0.15, 0.2) is 0 Å². The first-order valence-corrected chi connectivity index (χ1v) is 9.84. The van der Waals surface area contributed by atoms with Crippen LogP contribution in [0.5, 0.6) is 5.75 Å². The minimum absolute atomic E-state index is 0.333. The third kappa shape index (κ3) is 4.51. The van der Waals surface area contributed by atoms with Gasteiger partial charge in [0, 0.05) is 36.8 Å². The number of hydroxylamine groups is 1. The second-order valence-corrected chi connectivity index (χ2v) is 6.89. The van der Waals surface area contributed by atoms with E-state index in [-0.39, 0.29) is 0 Å². The molecule has 4 aromatic rings. The van der Waals surface area contributed by atoms with E-state index in [1.54, 1.807) is 43.1 Å². The van der Waals surface area contributed by atoms with E-state index < -0.39 is 5.91 Å². The highest BCUT2D eigenvalue weighted by Crippen LogP contribution is 2.26. The molecule has 3 aromatic heterocycles. The largest absolute Gasteiger partial charge is 0.491 e. The lowest BCUT2D eigenvalue weighted by Gasteiger charge is -2.09. The average molecular weight is 434 g/mol. The van der Waals surface area contributed by atoms with Crippen LogP contribution in [0.2, 0.25) is 0 Å². The summed E-state index contributed by atoms with van der Waals surface area (Å²) in [6, 6.07) is 12.1. The Hall–Kier alpha value is -4.02. The smallest absolute Gasteiger partial charge is 0.274 e. The average Bonchev–Trinajstić information content (AvgIpc) is 3.14. The van der Waals surface area contributed by atoms with Crippen molar-refractivity contribution in [3.63, 3.8) is 0 Å². The number of imidazole rings is 1. The van der Waals surface area contributed by atoms with Gasteiger partial charge < -0.3 is 14.8 Å². The van der Waals surface area contributed by atoms with Crippen LogP contribution in [-0.4, -0.2) is 50.8 Å². The van der Waals surface area contributed by atoms with Crippen LogP contribution in [0.25, 0.3) is 17.0 Å². The third-order valence-electron chi connectivity index (χ3n) is 4.73. The molecule has 10 nitrogen and oxygen atoms in total. The van der Waals surface area contributed by atoms with Gasteiger partial charge in [-0.15, -0.1) is 0 Å². The van der Waals surface area contributed by atoms with Crippen LogP contribution in [0.15, 0.2) is 54.9 Å². The van der Waals surface area contributed by atoms with Crippen LogP contribution in [0, 0.1) is 6.92 Å². The van der Waals surface area contributed by atoms with E-state index in [0.29, 0.717) is 36.1 Å². The molecule has 1 aromatic carbocycles. The Morgan fingerprint density at radius 2 is 1.94 bits per heavy atom. The molecule has 1 amide bonds. The van der Waals surface area contributed by atoms with Crippen molar-refractivity contribution in [3.8, 4) is 17.1 Å². The summed E-state index contributed by atoms with van der Waals surface area (Å²) in [5.41, 5.74) is 5.76. The first kappa shape index (κ1) is 21.2. The summed E-state index contributed by atoms with van der Waals surface area (Å²) in [7, 11) is 1.63. The monoisotopic (exact) mass is 434 g/mol. The molecule has 164 valence electrons. The standard InChI is InChI=1S/C22H22N6O4/c1-14-20(28-10-8-17(13-19(28)24-14)32-12-11-31-2)18-7-9-23-22(26-18)25-16-5-3-15(4-6-16)21(29)27-30/h3-10,13,30H,11-12H2,1-2H3,(H,27,29)(H,23,25,26). The minimum Gasteiger partial charge on any atom is -0.491 e. The van der Waals surface area contributed by atoms with E-state index in [1.165, 1.54) is 0 Å². The Morgan fingerprint density at radius 3 is 2.69 bits per heavy atom. The summed E-state index contributed by atoms with van der Waals surface area (Å²) in [6.45, 7) is 2.90. The molecule has 10 heteroatoms. The zero-order chi connectivity index (χ0) is 22.5. The van der Waals surface area contributed by atoms with Crippen LogP contribution >= 0.6 is 0 Å². The van der Waals surface area contributed by atoms with Crippen LogP contribution < -0.4 is 15.5 Å². The molecule has 3 N–H and O–H groups in total. The predicted molar refractivity (Wildman–Crippen MR) is 117 cm³/mol. The van der Waals surface area contributed by atoms with E-state index in [2.05, 4.69) is 20.3 Å². The maximum atomic E-state index is 11.5. The summed E-state index contributed by atoms with van der Waals surface area (Å²) in [6.07, 6.45) is 3.56. The summed E-state index contributed by atoms with van der Waals surface area (Å²) < 4.78 is 12.6. The van der Waals surface area contributed by atoms with Crippen molar-refractivity contribution < 1.29 is 19.5 Å². The molecule has 0 aliphatic rings. The summed E-state index contributed by atoms with van der Waals surface area (Å²) in [4.78, 5) is 25.0. The topological polar surface area (TPSA) is 123 Å². The molecule has 32 heavy (non-hydrogen) atoms. The molecule has 0 aliphatic carbocycles. The number of aryl methyl sites for hydroxylation is 1. The van der Waals surface area contributed by atoms with Gasteiger partial charge in [0.05, 0.1) is 23.7 Å². The molecule has 0 saturated carbocycles. The SMILES string of the molecule is COCCOc1ccn2c(-c3ccnc(Nc4ccc(C(=O)NO)cc4)n3)c(C)nc2c1. The molecule has 0 fully saturated rings. The number of carbonyl (C=O) groups is 1. The number of ether oxygens (including phenoxy) is 2. The molecule has 0 atom stereocenters. The summed E-state index contributed by atoms with van der Waals surface area (Å²) in [5, 5.41) is 11.8. The number of nitrogens with one attached hydrogen (secondary N) is 2. The first-order chi connectivity index (χ1) is 15.6. The fourth-order valence-corrected chi connectivity index (χ4v) is 3.23. The number of nitrogens with zero attached hydrogens (tertiary/aromatic N) is 4. The molecular formula is C22H22N6O4. The lowest BCUT2D eigenvalue weighted by molar-refractivity contribution is 0.0706. The number of anilines is 2. The summed E-state index contributed by atoms with van der Waals surface area (Å²) >= 11 is 0. The van der Waals surface area contributed by atoms with Gasteiger partial charge in [-0.2, -0.15) is 0 Å². The normalized spacial score (nSPS) is 10.8. The number of pyridine rings is 1. The van der Waals surface area contributed by atoms with Crippen molar-refractivity contribution >= 4 is 23.2 Å². The van der Waals surface area contributed by atoms with E-state index in [1.807, 2.05) is 35.7 Å². The zero-order valence-corrected chi connectivity index (χ0v) is 17.6. The molecule has 4 rings (SSSR count). The number of hydrogen-bond acceptors (Lipinski definition) is 8. The number of methoxy groups -OCH3 is 1.